The Morgan fingerprint density at radius 3 is 2.67 bits per heavy atom. The lowest BCUT2D eigenvalue weighted by atomic mass is 9.70. The van der Waals surface area contributed by atoms with Crippen LogP contribution in [-0.4, -0.2) is 43.9 Å². The van der Waals surface area contributed by atoms with E-state index in [0.717, 1.165) is 69.3 Å². The zero-order valence-electron chi connectivity index (χ0n) is 24.0. The van der Waals surface area contributed by atoms with Gasteiger partial charge >= 0.3 is 0 Å². The van der Waals surface area contributed by atoms with Crippen molar-refractivity contribution in [3.05, 3.63) is 70.3 Å². The zero-order valence-corrected chi connectivity index (χ0v) is 25.6. The van der Waals surface area contributed by atoms with E-state index < -0.39 is 27.3 Å². The SMILES string of the molecule is O=C1NS(=O)(=O)[C@H](CC2CC2)CC/C=C\[C@H](O)[C@@H]2CC[C@H]2CN2CCCCc3cc(Cl)ccc3COc3ccc1cc32. The van der Waals surface area contributed by atoms with Gasteiger partial charge in [0.25, 0.3) is 5.91 Å². The molecule has 226 valence electrons. The third-order valence-electron chi connectivity index (χ3n) is 9.56. The molecule has 2 fully saturated rings. The third-order valence-corrected chi connectivity index (χ3v) is 11.6. The van der Waals surface area contributed by atoms with Crippen molar-refractivity contribution in [1.82, 2.24) is 4.72 Å². The van der Waals surface area contributed by atoms with Crippen molar-refractivity contribution in [2.45, 2.75) is 82.2 Å². The number of anilines is 1. The monoisotopic (exact) mass is 612 g/mol. The molecule has 2 heterocycles. The maximum absolute atomic E-state index is 13.4. The smallest absolute Gasteiger partial charge is 0.264 e. The van der Waals surface area contributed by atoms with Gasteiger partial charge in [-0.25, -0.2) is 13.1 Å². The summed E-state index contributed by atoms with van der Waals surface area (Å²) in [7, 11) is -3.88. The van der Waals surface area contributed by atoms with Crippen LogP contribution in [0, 0.1) is 17.8 Å². The van der Waals surface area contributed by atoms with E-state index in [1.165, 1.54) is 5.56 Å². The molecule has 4 atom stereocenters. The summed E-state index contributed by atoms with van der Waals surface area (Å²) < 4.78 is 35.7. The number of carbonyl (C=O) groups excluding carboxylic acids is 1. The second kappa shape index (κ2) is 12.6. The van der Waals surface area contributed by atoms with Crippen molar-refractivity contribution in [3.8, 4) is 5.75 Å². The van der Waals surface area contributed by atoms with E-state index in [9.17, 15) is 18.3 Å². The van der Waals surface area contributed by atoms with Crippen LogP contribution in [0.2, 0.25) is 5.02 Å². The number of nitrogens with zero attached hydrogens (tertiary/aromatic N) is 1. The number of sulfonamides is 1. The Hall–Kier alpha value is -2.55. The first-order chi connectivity index (χ1) is 20.3. The summed E-state index contributed by atoms with van der Waals surface area (Å²) in [6.45, 7) is 1.86. The molecular weight excluding hydrogens is 572 g/mol. The van der Waals surface area contributed by atoms with Gasteiger partial charge in [0.05, 0.1) is 17.0 Å². The number of aryl methyl sites for hydroxylation is 1. The molecule has 0 saturated heterocycles. The van der Waals surface area contributed by atoms with Gasteiger partial charge in [0.1, 0.15) is 12.4 Å². The molecule has 0 unspecified atom stereocenters. The van der Waals surface area contributed by atoms with Crippen LogP contribution in [0.4, 0.5) is 5.69 Å². The third kappa shape index (κ3) is 6.81. The normalized spacial score (nSPS) is 29.0. The Morgan fingerprint density at radius 1 is 1.02 bits per heavy atom. The minimum absolute atomic E-state index is 0.153. The van der Waals surface area contributed by atoms with Gasteiger partial charge in [0.15, 0.2) is 0 Å². The predicted octanol–water partition coefficient (Wildman–Crippen LogP) is 6.03. The molecule has 0 aromatic heterocycles. The molecule has 0 radical (unpaired) electrons. The van der Waals surface area contributed by atoms with Gasteiger partial charge in [0.2, 0.25) is 10.0 Å². The van der Waals surface area contributed by atoms with E-state index >= 15 is 0 Å². The molecule has 2 saturated carbocycles. The number of nitrogens with one attached hydrogen (secondary N) is 1. The first kappa shape index (κ1) is 29.5. The fraction of sp³-hybridized carbons (Fsp3) is 0.545. The maximum atomic E-state index is 13.4. The fourth-order valence-electron chi connectivity index (χ4n) is 6.69. The fourth-order valence-corrected chi connectivity index (χ4v) is 8.40. The highest BCUT2D eigenvalue weighted by Crippen LogP contribution is 2.41. The maximum Gasteiger partial charge on any atom is 0.264 e. The minimum atomic E-state index is -3.88. The number of hydrogen-bond donors (Lipinski definition) is 2. The molecule has 2 aromatic rings. The van der Waals surface area contributed by atoms with Gasteiger partial charge in [-0.1, -0.05) is 42.7 Å². The molecule has 6 rings (SSSR count). The number of fused-ring (bicyclic) bond motifs is 3. The van der Waals surface area contributed by atoms with Gasteiger partial charge in [-0.3, -0.25) is 4.79 Å². The molecular formula is C33H41ClN2O5S. The van der Waals surface area contributed by atoms with Crippen LogP contribution in [-0.2, 0) is 23.1 Å². The Balaban J connectivity index is 1.36. The van der Waals surface area contributed by atoms with Crippen LogP contribution in [0.5, 0.6) is 5.75 Å². The average Bonchev–Trinajstić information content (AvgIpc) is 3.76. The summed E-state index contributed by atoms with van der Waals surface area (Å²) >= 11 is 6.31. The van der Waals surface area contributed by atoms with E-state index in [1.54, 1.807) is 18.2 Å². The van der Waals surface area contributed by atoms with Crippen molar-refractivity contribution in [2.75, 3.05) is 18.0 Å². The van der Waals surface area contributed by atoms with Crippen molar-refractivity contribution < 1.29 is 23.1 Å². The summed E-state index contributed by atoms with van der Waals surface area (Å²) in [6, 6.07) is 11.1. The molecule has 0 spiro atoms. The van der Waals surface area contributed by atoms with Crippen LogP contribution in [0.1, 0.15) is 79.3 Å². The average molecular weight is 613 g/mol. The molecule has 9 heteroatoms. The van der Waals surface area contributed by atoms with Gasteiger partial charge in [-0.05, 0) is 111 Å². The molecule has 2 bridgehead atoms. The first-order valence-corrected chi connectivity index (χ1v) is 17.4. The Kier molecular flexibility index (Phi) is 8.85. The van der Waals surface area contributed by atoms with Crippen molar-refractivity contribution in [3.63, 3.8) is 0 Å². The van der Waals surface area contributed by atoms with Crippen molar-refractivity contribution >= 4 is 33.2 Å². The highest BCUT2D eigenvalue weighted by molar-refractivity contribution is 7.90. The summed E-state index contributed by atoms with van der Waals surface area (Å²) in [5, 5.41) is 11.1. The van der Waals surface area contributed by atoms with E-state index in [4.69, 9.17) is 16.3 Å². The minimum Gasteiger partial charge on any atom is -0.487 e. The van der Waals surface area contributed by atoms with E-state index in [-0.39, 0.29) is 5.92 Å². The van der Waals surface area contributed by atoms with Gasteiger partial charge in [-0.2, -0.15) is 0 Å². The predicted molar refractivity (Wildman–Crippen MR) is 165 cm³/mol. The number of allylic oxidation sites excluding steroid dienone is 1. The van der Waals surface area contributed by atoms with Crippen LogP contribution in [0.15, 0.2) is 48.6 Å². The lowest BCUT2D eigenvalue weighted by molar-refractivity contribution is 0.0461. The quantitative estimate of drug-likeness (QED) is 0.402. The molecule has 7 nitrogen and oxygen atoms in total. The molecule has 2 aliphatic carbocycles. The van der Waals surface area contributed by atoms with E-state index in [2.05, 4.69) is 9.62 Å². The molecule has 2 aliphatic heterocycles. The Labute approximate surface area is 254 Å². The highest BCUT2D eigenvalue weighted by Gasteiger charge is 2.37. The van der Waals surface area contributed by atoms with Crippen LogP contribution in [0.25, 0.3) is 0 Å². The van der Waals surface area contributed by atoms with E-state index in [1.807, 2.05) is 30.4 Å². The standard InChI is InChI=1S/C33H41ClN2O5S/c34-27-13-10-26-21-41-32-15-12-24-19-30(32)36(16-4-3-5-23(26)18-27)20-25-11-14-29(25)31(37)7-2-1-6-28(17-22-8-9-22)42(39,40)35-33(24)38/h2,7,10,12-13,15,18-19,22,25,28-29,31,37H,1,3-6,8-9,11,14,16-17,20-21H2,(H,35,38)/b7-2-/t25-,28-,29+,31-/m0/s1. The van der Waals surface area contributed by atoms with Gasteiger partial charge in [0, 0.05) is 23.7 Å². The molecule has 1 amide bonds. The zero-order chi connectivity index (χ0) is 29.3. The van der Waals surface area contributed by atoms with E-state index in [0.29, 0.717) is 54.0 Å². The highest BCUT2D eigenvalue weighted by atomic mass is 35.5. The molecule has 42 heavy (non-hydrogen) atoms. The number of halogens is 1. The molecule has 4 aliphatic rings. The van der Waals surface area contributed by atoms with Crippen LogP contribution < -0.4 is 14.4 Å². The number of aliphatic hydroxyl groups excluding tert-OH is 1. The van der Waals surface area contributed by atoms with Crippen LogP contribution >= 0.6 is 11.6 Å². The number of ether oxygens (including phenoxy) is 1. The van der Waals surface area contributed by atoms with Crippen LogP contribution in [0.3, 0.4) is 0 Å². The lowest BCUT2D eigenvalue weighted by Gasteiger charge is -2.42. The number of amides is 1. The van der Waals surface area contributed by atoms with Gasteiger partial charge in [-0.15, -0.1) is 0 Å². The number of rotatable bonds is 2. The van der Waals surface area contributed by atoms with Gasteiger partial charge < -0.3 is 14.7 Å². The Morgan fingerprint density at radius 2 is 1.88 bits per heavy atom. The number of aliphatic hydroxyl groups is 1. The number of hydrogen-bond acceptors (Lipinski definition) is 6. The lowest BCUT2D eigenvalue weighted by Crippen LogP contribution is -2.43. The topological polar surface area (TPSA) is 95.9 Å². The number of benzene rings is 2. The largest absolute Gasteiger partial charge is 0.487 e. The Bertz CT molecular complexity index is 1440. The van der Waals surface area contributed by atoms with Crippen molar-refractivity contribution in [1.29, 1.82) is 0 Å². The summed E-state index contributed by atoms with van der Waals surface area (Å²) in [6.07, 6.45) is 11.6. The second-order valence-corrected chi connectivity index (χ2v) is 15.0. The molecule has 2 aromatic carbocycles. The van der Waals surface area contributed by atoms with Crippen molar-refractivity contribution in [2.24, 2.45) is 17.8 Å². The molecule has 2 N–H and O–H groups in total. The number of carbonyl (C=O) groups is 1. The summed E-state index contributed by atoms with van der Waals surface area (Å²) in [5.41, 5.74) is 3.35. The summed E-state index contributed by atoms with van der Waals surface area (Å²) in [5.74, 6) is 0.916. The summed E-state index contributed by atoms with van der Waals surface area (Å²) in [4.78, 5) is 15.7. The first-order valence-electron chi connectivity index (χ1n) is 15.5. The second-order valence-electron chi connectivity index (χ2n) is 12.6.